The molecule has 65 heavy (non-hydrogen) atoms. The van der Waals surface area contributed by atoms with Crippen molar-refractivity contribution >= 4 is 11.9 Å². The minimum absolute atomic E-state index is 0.111. The Labute approximate surface area is 381 Å². The number of ether oxygens (including phenoxy) is 4. The molecule has 18 heteroatoms. The number of aliphatic carboxylic acids is 1. The SMILES string of the molecule is C[C@@H]1[C@H](O)[C@@H](C)C=CC=CCCC=CC=CC=CC=CC[C@@H](O[C@H]2O[C@H](C)[C@@H](O)[C@H](N)[C@@H]2O)[C@@H]2O[C@](O)(C[C@@H](O)[C@@H](O)CC[C@@H](O)C[C@@H](O)C[C@@H](O)CC(=O)O[C@H]1C)C[C@H](O)[C@H]2C(=O)O. The lowest BCUT2D eigenvalue weighted by Crippen LogP contribution is -2.63. The second kappa shape index (κ2) is 27.6. The molecule has 0 saturated carbocycles. The van der Waals surface area contributed by atoms with Gasteiger partial charge in [0, 0.05) is 24.7 Å². The Balaban J connectivity index is 1.85. The molecule has 0 aromatic heterocycles. The van der Waals surface area contributed by atoms with Crippen LogP contribution in [0.3, 0.4) is 0 Å². The first-order valence-electron chi connectivity index (χ1n) is 22.6. The third kappa shape index (κ3) is 18.4. The highest BCUT2D eigenvalue weighted by Gasteiger charge is 2.54. The predicted octanol–water partition coefficient (Wildman–Crippen LogP) is 0.936. The molecule has 0 aliphatic carbocycles. The van der Waals surface area contributed by atoms with Gasteiger partial charge in [-0.2, -0.15) is 0 Å². The van der Waals surface area contributed by atoms with E-state index in [0.717, 1.165) is 12.8 Å². The summed E-state index contributed by atoms with van der Waals surface area (Å²) in [4.78, 5) is 25.2. The Bertz CT molecular complexity index is 1620. The van der Waals surface area contributed by atoms with E-state index in [1.165, 1.54) is 6.92 Å². The molecule has 13 N–H and O–H groups in total. The Morgan fingerprint density at radius 3 is 1.94 bits per heavy atom. The van der Waals surface area contributed by atoms with Gasteiger partial charge in [0.15, 0.2) is 12.1 Å². The lowest BCUT2D eigenvalue weighted by molar-refractivity contribution is -0.339. The predicted molar refractivity (Wildman–Crippen MR) is 237 cm³/mol. The molecule has 0 aromatic carbocycles. The van der Waals surface area contributed by atoms with Gasteiger partial charge in [-0.1, -0.05) is 86.8 Å². The molecule has 0 radical (unpaired) electrons. The number of carbonyl (C=O) groups excluding carboxylic acids is 1. The zero-order valence-corrected chi connectivity index (χ0v) is 37.8. The lowest BCUT2D eigenvalue weighted by Gasteiger charge is -2.47. The maximum atomic E-state index is 12.6. The average Bonchev–Trinajstić information content (AvgIpc) is 3.22. The number of nitrogens with two attached hydrogens (primary N) is 1. The van der Waals surface area contributed by atoms with E-state index in [4.69, 9.17) is 24.7 Å². The highest BCUT2D eigenvalue weighted by atomic mass is 16.7. The van der Waals surface area contributed by atoms with Gasteiger partial charge in [-0.15, -0.1) is 0 Å². The van der Waals surface area contributed by atoms with E-state index >= 15 is 0 Å². The van der Waals surface area contributed by atoms with E-state index in [-0.39, 0.29) is 38.0 Å². The van der Waals surface area contributed by atoms with Gasteiger partial charge >= 0.3 is 11.9 Å². The number of rotatable bonds is 3. The second-order valence-electron chi connectivity index (χ2n) is 17.8. The number of carboxylic acids is 1. The molecule has 2 bridgehead atoms. The maximum absolute atomic E-state index is 12.6. The van der Waals surface area contributed by atoms with Gasteiger partial charge in [-0.25, -0.2) is 0 Å². The van der Waals surface area contributed by atoms with Crippen LogP contribution in [-0.4, -0.2) is 166 Å². The number of aliphatic hydroxyl groups excluding tert-OH is 9. The summed E-state index contributed by atoms with van der Waals surface area (Å²) < 4.78 is 23.3. The van der Waals surface area contributed by atoms with E-state index in [9.17, 15) is 65.8 Å². The third-order valence-corrected chi connectivity index (χ3v) is 12.3. The van der Waals surface area contributed by atoms with E-state index in [0.29, 0.717) is 0 Å². The zero-order valence-electron chi connectivity index (χ0n) is 37.8. The van der Waals surface area contributed by atoms with E-state index in [1.807, 2.05) is 49.5 Å². The number of esters is 1. The smallest absolute Gasteiger partial charge is 0.311 e. The van der Waals surface area contributed by atoms with Crippen molar-refractivity contribution in [3.63, 3.8) is 0 Å². The number of hydrogen-bond donors (Lipinski definition) is 12. The van der Waals surface area contributed by atoms with Crippen molar-refractivity contribution in [1.29, 1.82) is 0 Å². The molecule has 18 nitrogen and oxygen atoms in total. The molecule has 3 aliphatic heterocycles. The molecule has 0 aromatic rings. The largest absolute Gasteiger partial charge is 0.481 e. The number of hydrogen-bond acceptors (Lipinski definition) is 17. The quantitative estimate of drug-likeness (QED) is 0.175. The fraction of sp³-hybridized carbons (Fsp3) is 0.702. The summed E-state index contributed by atoms with van der Waals surface area (Å²) in [6.07, 6.45) is 1.78. The first-order chi connectivity index (χ1) is 30.6. The number of cyclic esters (lactones) is 1. The number of allylic oxidation sites excluding steroid dienone is 10. The molecule has 19 atom stereocenters. The molecule has 370 valence electrons. The summed E-state index contributed by atoms with van der Waals surface area (Å²) >= 11 is 0. The van der Waals surface area contributed by atoms with Crippen LogP contribution in [0.2, 0.25) is 0 Å². The first kappa shape index (κ1) is 56.1. The maximum Gasteiger partial charge on any atom is 0.311 e. The summed E-state index contributed by atoms with van der Waals surface area (Å²) in [5.41, 5.74) is 6.03. The van der Waals surface area contributed by atoms with Crippen LogP contribution in [0.5, 0.6) is 0 Å². The van der Waals surface area contributed by atoms with Crippen LogP contribution in [0.25, 0.3) is 0 Å². The number of fused-ring (bicyclic) bond motifs is 2. The van der Waals surface area contributed by atoms with E-state index in [2.05, 4.69) is 0 Å². The number of aliphatic hydroxyl groups is 10. The standard InChI is InChI=1S/C47H75NO17/c1-27-18-16-14-12-10-8-6-5-7-9-11-13-15-17-19-37(64-46-43(58)40(48)42(57)30(4)63-46)44-39(45(59)60)36(54)26-47(61,65-44)25-35(53)34(52)21-20-31(49)22-32(50)23-33(51)24-38(55)62-29(3)28(2)41(27)56/h5-7,9,11-18,27-37,39-44,46,49-54,56-58,61H,8,10,19-26,48H2,1-4H3,(H,59,60)/t27-,28-,29-,30+,31+,32+,33+,34-,35+,36-,37+,39+,40-,41+,42+,43-,44-,46+,47+/m0/s1. The normalized spacial score (nSPS) is 42.3. The second-order valence-corrected chi connectivity index (χ2v) is 17.8. The molecule has 0 amide bonds. The van der Waals surface area contributed by atoms with E-state index < -0.39 is 141 Å². The van der Waals surface area contributed by atoms with Crippen LogP contribution in [-0.2, 0) is 28.5 Å². The summed E-state index contributed by atoms with van der Waals surface area (Å²) in [5.74, 6) is -7.03. The van der Waals surface area contributed by atoms with Crippen molar-refractivity contribution in [2.45, 2.75) is 189 Å². The van der Waals surface area contributed by atoms with Gasteiger partial charge in [-0.3, -0.25) is 9.59 Å². The number of carboxylic acid groups (broad SMARTS) is 1. The highest BCUT2D eigenvalue weighted by molar-refractivity contribution is 5.72. The van der Waals surface area contributed by atoms with Crippen molar-refractivity contribution in [2.75, 3.05) is 0 Å². The Kier molecular flexibility index (Phi) is 23.8. The molecule has 3 heterocycles. The third-order valence-electron chi connectivity index (χ3n) is 12.3. The van der Waals surface area contributed by atoms with Crippen LogP contribution >= 0.6 is 0 Å². The summed E-state index contributed by atoms with van der Waals surface area (Å²) in [6.45, 7) is 6.75. The van der Waals surface area contributed by atoms with Gasteiger partial charge in [0.2, 0.25) is 0 Å². The molecular weight excluding hydrogens is 851 g/mol. The summed E-state index contributed by atoms with van der Waals surface area (Å²) in [7, 11) is 0. The molecule has 3 rings (SSSR count). The molecule has 2 saturated heterocycles. The van der Waals surface area contributed by atoms with Crippen molar-refractivity contribution in [2.24, 2.45) is 23.5 Å². The first-order valence-corrected chi connectivity index (χ1v) is 22.6. The minimum Gasteiger partial charge on any atom is -0.481 e. The topological polar surface area (TPSA) is 320 Å². The van der Waals surface area contributed by atoms with Gasteiger partial charge in [0.25, 0.3) is 0 Å². The molecule has 0 spiro atoms. The van der Waals surface area contributed by atoms with Crippen molar-refractivity contribution in [3.05, 3.63) is 72.9 Å². The number of carbonyl (C=O) groups is 2. The fourth-order valence-electron chi connectivity index (χ4n) is 8.11. The van der Waals surface area contributed by atoms with Crippen molar-refractivity contribution in [1.82, 2.24) is 0 Å². The van der Waals surface area contributed by atoms with Gasteiger partial charge in [0.05, 0.1) is 73.5 Å². The van der Waals surface area contributed by atoms with Crippen molar-refractivity contribution < 1.29 is 84.7 Å². The van der Waals surface area contributed by atoms with Crippen LogP contribution in [0.1, 0.15) is 91.9 Å². The zero-order chi connectivity index (χ0) is 48.4. The van der Waals surface area contributed by atoms with Crippen LogP contribution < -0.4 is 5.73 Å². The average molecular weight is 926 g/mol. The Morgan fingerprint density at radius 2 is 1.29 bits per heavy atom. The molecule has 3 aliphatic rings. The van der Waals surface area contributed by atoms with Crippen LogP contribution in [0, 0.1) is 17.8 Å². The van der Waals surface area contributed by atoms with E-state index in [1.54, 1.807) is 44.2 Å². The molecule has 2 fully saturated rings. The Morgan fingerprint density at radius 1 is 0.708 bits per heavy atom. The van der Waals surface area contributed by atoms with Gasteiger partial charge in [-0.05, 0) is 58.8 Å². The highest BCUT2D eigenvalue weighted by Crippen LogP contribution is 2.39. The van der Waals surface area contributed by atoms with Crippen molar-refractivity contribution in [3.8, 4) is 0 Å². The Hall–Kier alpha value is -3.18. The minimum atomic E-state index is -2.42. The molecular formula is C47H75NO17. The lowest BCUT2D eigenvalue weighted by atomic mass is 9.82. The summed E-state index contributed by atoms with van der Waals surface area (Å²) in [5, 5.41) is 119. The summed E-state index contributed by atoms with van der Waals surface area (Å²) in [6, 6.07) is -1.20. The van der Waals surface area contributed by atoms with Crippen LogP contribution in [0.4, 0.5) is 0 Å². The van der Waals surface area contributed by atoms with Gasteiger partial charge < -0.3 is 80.9 Å². The monoisotopic (exact) mass is 926 g/mol. The van der Waals surface area contributed by atoms with Gasteiger partial charge in [0.1, 0.15) is 24.2 Å². The molecule has 0 unspecified atom stereocenters. The van der Waals surface area contributed by atoms with Crippen LogP contribution in [0.15, 0.2) is 72.9 Å². The fourth-order valence-corrected chi connectivity index (χ4v) is 8.11.